The molecule has 0 atom stereocenters. The average molecular weight is 237 g/mol. The van der Waals surface area contributed by atoms with Gasteiger partial charge in [0.2, 0.25) is 0 Å². The van der Waals surface area contributed by atoms with Crippen molar-refractivity contribution in [1.82, 2.24) is 0 Å². The van der Waals surface area contributed by atoms with Crippen molar-refractivity contribution in [2.75, 3.05) is 6.16 Å². The van der Waals surface area contributed by atoms with Crippen LogP contribution >= 0.6 is 7.14 Å². The zero-order valence-corrected chi connectivity index (χ0v) is 10.7. The van der Waals surface area contributed by atoms with Crippen LogP contribution in [0.2, 0.25) is 0 Å². The zero-order chi connectivity index (χ0) is 12.1. The molecule has 0 heterocycles. The lowest BCUT2D eigenvalue weighted by molar-refractivity contribution is 1.70. The molecule has 0 saturated carbocycles. The maximum atomic E-state index is 6.69. The third-order valence-electron chi connectivity index (χ3n) is 2.85. The summed E-state index contributed by atoms with van der Waals surface area (Å²) in [6.07, 6.45) is 2.76. The number of benzene rings is 2. The summed E-state index contributed by atoms with van der Waals surface area (Å²) < 4.78 is 0. The van der Waals surface area contributed by atoms with Gasteiger partial charge in [-0.15, -0.1) is 0 Å². The minimum atomic E-state index is -1.79. The number of hydrogen-bond donors (Lipinski definition) is 0. The Morgan fingerprint density at radius 2 is 1.29 bits per heavy atom. The van der Waals surface area contributed by atoms with Crippen molar-refractivity contribution in [3.8, 4) is 0 Å². The second kappa shape index (κ2) is 5.34. The monoisotopic (exact) mass is 237 g/mol. The predicted octanol–water partition coefficient (Wildman–Crippen LogP) is 2.92. The first-order chi connectivity index (χ1) is 8.27. The summed E-state index contributed by atoms with van der Waals surface area (Å²) in [5.41, 5.74) is 0. The van der Waals surface area contributed by atoms with Crippen LogP contribution in [0.1, 0.15) is 0 Å². The predicted molar refractivity (Wildman–Crippen MR) is 79.9 cm³/mol. The lowest BCUT2D eigenvalue weighted by Crippen LogP contribution is -2.24. The SMILES string of the molecule is [B][P+](CC=C)(c1ccccc1)c1ccccc1. The van der Waals surface area contributed by atoms with Crippen LogP contribution in [0.3, 0.4) is 0 Å². The van der Waals surface area contributed by atoms with Crippen LogP contribution in [-0.2, 0) is 0 Å². The number of hydrogen-bond acceptors (Lipinski definition) is 0. The molecule has 2 aromatic carbocycles. The molecular weight excluding hydrogens is 222 g/mol. The van der Waals surface area contributed by atoms with Crippen molar-refractivity contribution in [1.29, 1.82) is 0 Å². The normalized spacial score (nSPS) is 11.1. The van der Waals surface area contributed by atoms with E-state index in [1.54, 1.807) is 0 Å². The van der Waals surface area contributed by atoms with Crippen molar-refractivity contribution in [3.63, 3.8) is 0 Å². The molecule has 0 spiro atoms. The van der Waals surface area contributed by atoms with Gasteiger partial charge in [0.15, 0.2) is 0 Å². The molecule has 2 radical (unpaired) electrons. The lowest BCUT2D eigenvalue weighted by atomic mass is 10.4. The van der Waals surface area contributed by atoms with Gasteiger partial charge in [-0.05, 0) is 24.3 Å². The Balaban J connectivity index is 2.50. The lowest BCUT2D eigenvalue weighted by Gasteiger charge is -2.22. The molecule has 2 heteroatoms. The molecule has 0 N–H and O–H groups in total. The molecule has 0 aliphatic heterocycles. The molecule has 82 valence electrons. The van der Waals surface area contributed by atoms with Gasteiger partial charge >= 0.3 is 7.57 Å². The van der Waals surface area contributed by atoms with Gasteiger partial charge in [-0.3, -0.25) is 0 Å². The highest BCUT2D eigenvalue weighted by Crippen LogP contribution is 2.51. The zero-order valence-electron chi connectivity index (χ0n) is 9.79. The van der Waals surface area contributed by atoms with E-state index in [1.807, 2.05) is 42.5 Å². The molecule has 17 heavy (non-hydrogen) atoms. The molecule has 0 bridgehead atoms. The van der Waals surface area contributed by atoms with E-state index >= 15 is 0 Å². The fourth-order valence-corrected chi connectivity index (χ4v) is 4.49. The highest BCUT2D eigenvalue weighted by atomic mass is 31.2. The van der Waals surface area contributed by atoms with Crippen molar-refractivity contribution in [2.45, 2.75) is 0 Å². The molecule has 0 fully saturated rings. The molecule has 2 rings (SSSR count). The summed E-state index contributed by atoms with van der Waals surface area (Å²) in [6.45, 7) is 3.84. The van der Waals surface area contributed by atoms with Crippen LogP contribution in [-0.4, -0.2) is 13.7 Å². The molecule has 0 aromatic heterocycles. The topological polar surface area (TPSA) is 0 Å². The second-order valence-electron chi connectivity index (χ2n) is 4.01. The van der Waals surface area contributed by atoms with E-state index in [4.69, 9.17) is 7.57 Å². The first-order valence-electron chi connectivity index (χ1n) is 5.66. The maximum Gasteiger partial charge on any atom is 0.377 e. The molecule has 0 nitrogen and oxygen atoms in total. The van der Waals surface area contributed by atoms with E-state index in [1.165, 1.54) is 10.6 Å². The highest BCUT2D eigenvalue weighted by molar-refractivity contribution is 8.08. The van der Waals surface area contributed by atoms with Gasteiger partial charge in [0.1, 0.15) is 0 Å². The third kappa shape index (κ3) is 2.51. The Bertz CT molecular complexity index is 439. The molecule has 0 amide bonds. The Labute approximate surface area is 105 Å². The summed E-state index contributed by atoms with van der Waals surface area (Å²) in [5.74, 6) is 0. The fraction of sp³-hybridized carbons (Fsp3) is 0.0667. The minimum Gasteiger partial charge on any atom is -0.0995 e. The molecular formula is C15H15BP+. The van der Waals surface area contributed by atoms with Crippen LogP contribution in [0.15, 0.2) is 73.3 Å². The Hall–Kier alpha value is -1.33. The van der Waals surface area contributed by atoms with Crippen LogP contribution in [0.4, 0.5) is 0 Å². The van der Waals surface area contributed by atoms with Gasteiger partial charge in [-0.2, -0.15) is 0 Å². The Morgan fingerprint density at radius 1 is 0.882 bits per heavy atom. The molecule has 2 aromatic rings. The summed E-state index contributed by atoms with van der Waals surface area (Å²) in [6, 6.07) is 20.7. The van der Waals surface area contributed by atoms with Crippen LogP contribution in [0.25, 0.3) is 0 Å². The maximum absolute atomic E-state index is 6.69. The first kappa shape index (κ1) is 12.1. The first-order valence-corrected chi connectivity index (χ1v) is 7.70. The third-order valence-corrected chi connectivity index (χ3v) is 6.12. The van der Waals surface area contributed by atoms with Crippen molar-refractivity contribution < 1.29 is 0 Å². The Kier molecular flexibility index (Phi) is 3.81. The van der Waals surface area contributed by atoms with Crippen molar-refractivity contribution in [3.05, 3.63) is 73.3 Å². The molecule has 0 aliphatic carbocycles. The number of allylic oxidation sites excluding steroid dienone is 1. The van der Waals surface area contributed by atoms with Gasteiger partial charge in [0, 0.05) is 7.14 Å². The summed E-state index contributed by atoms with van der Waals surface area (Å²) in [7, 11) is 4.90. The van der Waals surface area contributed by atoms with Crippen LogP contribution in [0.5, 0.6) is 0 Å². The quantitative estimate of drug-likeness (QED) is 0.435. The minimum absolute atomic E-state index is 0.834. The van der Waals surface area contributed by atoms with Gasteiger partial charge in [-0.1, -0.05) is 49.1 Å². The highest BCUT2D eigenvalue weighted by Gasteiger charge is 2.35. The largest absolute Gasteiger partial charge is 0.377 e. The second-order valence-corrected chi connectivity index (χ2v) is 7.15. The summed E-state index contributed by atoms with van der Waals surface area (Å²) in [4.78, 5) is 0. The van der Waals surface area contributed by atoms with Gasteiger partial charge in [0.05, 0.1) is 16.8 Å². The van der Waals surface area contributed by atoms with E-state index in [2.05, 4.69) is 30.8 Å². The average Bonchev–Trinajstić information content (AvgIpc) is 2.41. The molecule has 0 aliphatic rings. The fourth-order valence-electron chi connectivity index (χ4n) is 1.95. The number of rotatable bonds is 4. The van der Waals surface area contributed by atoms with E-state index < -0.39 is 7.14 Å². The smallest absolute Gasteiger partial charge is 0.0995 e. The molecule has 0 saturated heterocycles. The van der Waals surface area contributed by atoms with Crippen LogP contribution < -0.4 is 10.6 Å². The van der Waals surface area contributed by atoms with Gasteiger partial charge in [0.25, 0.3) is 0 Å². The summed E-state index contributed by atoms with van der Waals surface area (Å²) in [5, 5.41) is 2.46. The standard InChI is InChI=1S/C15H15BP/c1-2-13-17(16,14-9-5-3-6-10-14)15-11-7-4-8-12-15/h2-12H,1,13H2/q+1. The molecule has 0 unspecified atom stereocenters. The van der Waals surface area contributed by atoms with Crippen molar-refractivity contribution >= 4 is 25.3 Å². The van der Waals surface area contributed by atoms with Gasteiger partial charge < -0.3 is 0 Å². The van der Waals surface area contributed by atoms with E-state index in [9.17, 15) is 0 Å². The van der Waals surface area contributed by atoms with E-state index in [0.717, 1.165) is 6.16 Å². The van der Waals surface area contributed by atoms with Crippen LogP contribution in [0, 0.1) is 0 Å². The van der Waals surface area contributed by atoms with Gasteiger partial charge in [-0.25, -0.2) is 0 Å². The van der Waals surface area contributed by atoms with E-state index in [-0.39, 0.29) is 0 Å². The van der Waals surface area contributed by atoms with Crippen molar-refractivity contribution in [2.24, 2.45) is 0 Å². The Morgan fingerprint density at radius 3 is 1.65 bits per heavy atom. The summed E-state index contributed by atoms with van der Waals surface area (Å²) >= 11 is 0. The van der Waals surface area contributed by atoms with E-state index in [0.29, 0.717) is 0 Å².